The van der Waals surface area contributed by atoms with Crippen molar-refractivity contribution in [1.82, 2.24) is 5.43 Å². The van der Waals surface area contributed by atoms with Crippen LogP contribution in [0.25, 0.3) is 0 Å². The van der Waals surface area contributed by atoms with Gasteiger partial charge in [0, 0.05) is 16.3 Å². The average Bonchev–Trinajstić information content (AvgIpc) is 2.81. The number of benzene rings is 3. The number of carbonyl (C=O) groups is 2. The van der Waals surface area contributed by atoms with Gasteiger partial charge in [0.2, 0.25) is 0 Å². The van der Waals surface area contributed by atoms with Crippen LogP contribution in [0.15, 0.2) is 64.2 Å². The van der Waals surface area contributed by atoms with Gasteiger partial charge in [0.1, 0.15) is 0 Å². The lowest BCUT2D eigenvalue weighted by Crippen LogP contribution is -2.20. The fourth-order valence-corrected chi connectivity index (χ4v) is 3.80. The number of hydrazone groups is 1. The van der Waals surface area contributed by atoms with Crippen molar-refractivity contribution in [3.63, 3.8) is 0 Å². The highest BCUT2D eigenvalue weighted by molar-refractivity contribution is 9.10. The fourth-order valence-electron chi connectivity index (χ4n) is 2.81. The Balaban J connectivity index is 1.65. The summed E-state index contributed by atoms with van der Waals surface area (Å²) in [5, 5.41) is 7.92. The predicted octanol–water partition coefficient (Wildman–Crippen LogP) is 6.59. The van der Waals surface area contributed by atoms with Gasteiger partial charge in [-0.3, -0.25) is 9.59 Å². The van der Waals surface area contributed by atoms with Gasteiger partial charge in [-0.2, -0.15) is 5.10 Å². The molecule has 0 atom stereocenters. The summed E-state index contributed by atoms with van der Waals surface area (Å²) in [5.74, 6) is -0.0311. The molecule has 0 radical (unpaired) electrons. The number of nitrogens with zero attached hydrogens (tertiary/aromatic N) is 1. The van der Waals surface area contributed by atoms with Gasteiger partial charge in [0.25, 0.3) is 11.8 Å². The standard InChI is InChI=1S/C24H19BrCl3N3O4/c1-2-34-21-10-14(12-29-31-24(33)15-3-5-16(26)6-4-15)9-18(25)23(21)35-13-22(32)30-17-7-8-19(27)20(28)11-17/h3-12H,2,13H2,1H3,(H,30,32)(H,31,33)/b29-12+. The molecule has 182 valence electrons. The molecule has 0 spiro atoms. The van der Waals surface area contributed by atoms with E-state index in [0.717, 1.165) is 0 Å². The monoisotopic (exact) mass is 597 g/mol. The minimum absolute atomic E-state index is 0.274. The number of amides is 2. The first-order valence-corrected chi connectivity index (χ1v) is 12.1. The molecule has 7 nitrogen and oxygen atoms in total. The second kappa shape index (κ2) is 12.8. The van der Waals surface area contributed by atoms with Crippen LogP contribution in [0.5, 0.6) is 11.5 Å². The lowest BCUT2D eigenvalue weighted by atomic mass is 10.2. The summed E-state index contributed by atoms with van der Waals surface area (Å²) >= 11 is 21.1. The lowest BCUT2D eigenvalue weighted by Gasteiger charge is -2.14. The van der Waals surface area contributed by atoms with Crippen LogP contribution < -0.4 is 20.2 Å². The summed E-state index contributed by atoms with van der Waals surface area (Å²) in [6, 6.07) is 14.6. The van der Waals surface area contributed by atoms with Crippen LogP contribution in [0.2, 0.25) is 15.1 Å². The van der Waals surface area contributed by atoms with Crippen molar-refractivity contribution in [3.8, 4) is 11.5 Å². The van der Waals surface area contributed by atoms with E-state index in [1.807, 2.05) is 6.92 Å². The molecule has 0 unspecified atom stereocenters. The first-order chi connectivity index (χ1) is 16.8. The molecular weight excluding hydrogens is 581 g/mol. The fraction of sp³-hybridized carbons (Fsp3) is 0.125. The maximum absolute atomic E-state index is 12.3. The van der Waals surface area contributed by atoms with E-state index in [2.05, 4.69) is 31.8 Å². The maximum Gasteiger partial charge on any atom is 0.271 e. The minimum atomic E-state index is -0.395. The van der Waals surface area contributed by atoms with Crippen LogP contribution in [0, 0.1) is 0 Å². The Morgan fingerprint density at radius 2 is 1.74 bits per heavy atom. The van der Waals surface area contributed by atoms with Crippen molar-refractivity contribution in [2.45, 2.75) is 6.92 Å². The minimum Gasteiger partial charge on any atom is -0.490 e. The van der Waals surface area contributed by atoms with Crippen LogP contribution >= 0.6 is 50.7 Å². The van der Waals surface area contributed by atoms with E-state index >= 15 is 0 Å². The zero-order valence-electron chi connectivity index (χ0n) is 18.3. The number of ether oxygens (including phenoxy) is 2. The van der Waals surface area contributed by atoms with Crippen LogP contribution in [0.1, 0.15) is 22.8 Å². The molecule has 2 amide bonds. The largest absolute Gasteiger partial charge is 0.490 e. The highest BCUT2D eigenvalue weighted by Gasteiger charge is 2.14. The van der Waals surface area contributed by atoms with Gasteiger partial charge in [-0.15, -0.1) is 0 Å². The van der Waals surface area contributed by atoms with Crippen LogP contribution in [-0.4, -0.2) is 31.2 Å². The molecule has 0 aliphatic heterocycles. The summed E-state index contributed by atoms with van der Waals surface area (Å²) in [7, 11) is 0. The Kier molecular flexibility index (Phi) is 9.80. The first-order valence-electron chi connectivity index (χ1n) is 10.2. The van der Waals surface area contributed by atoms with Crippen molar-refractivity contribution in [2.24, 2.45) is 5.10 Å². The number of carbonyl (C=O) groups excluding carboxylic acids is 2. The summed E-state index contributed by atoms with van der Waals surface area (Å²) in [6.45, 7) is 1.91. The van der Waals surface area contributed by atoms with Crippen molar-refractivity contribution in [1.29, 1.82) is 0 Å². The molecule has 35 heavy (non-hydrogen) atoms. The maximum atomic E-state index is 12.3. The van der Waals surface area contributed by atoms with E-state index < -0.39 is 5.91 Å². The smallest absolute Gasteiger partial charge is 0.271 e. The van der Waals surface area contributed by atoms with Crippen molar-refractivity contribution in [2.75, 3.05) is 18.5 Å². The topological polar surface area (TPSA) is 89.0 Å². The number of anilines is 1. The van der Waals surface area contributed by atoms with Gasteiger partial charge in [-0.25, -0.2) is 5.43 Å². The Hall–Kier alpha value is -2.78. The van der Waals surface area contributed by atoms with Gasteiger partial charge in [-0.05, 0) is 83.0 Å². The van der Waals surface area contributed by atoms with Crippen molar-refractivity contribution >= 4 is 74.4 Å². The third-order valence-corrected chi connectivity index (χ3v) is 5.95. The number of hydrogen-bond donors (Lipinski definition) is 2. The molecule has 11 heteroatoms. The van der Waals surface area contributed by atoms with Gasteiger partial charge in [0.05, 0.1) is 27.3 Å². The number of nitrogens with one attached hydrogen (secondary N) is 2. The summed E-state index contributed by atoms with van der Waals surface area (Å²) < 4.78 is 11.9. The highest BCUT2D eigenvalue weighted by atomic mass is 79.9. The molecule has 3 aromatic carbocycles. The third kappa shape index (κ3) is 7.86. The van der Waals surface area contributed by atoms with Crippen LogP contribution in [0.4, 0.5) is 5.69 Å². The summed E-state index contributed by atoms with van der Waals surface area (Å²) in [5.41, 5.74) is 3.99. The van der Waals surface area contributed by atoms with Gasteiger partial charge in [0.15, 0.2) is 18.1 Å². The van der Waals surface area contributed by atoms with E-state index in [1.54, 1.807) is 54.6 Å². The van der Waals surface area contributed by atoms with E-state index in [9.17, 15) is 9.59 Å². The SMILES string of the molecule is CCOc1cc(/C=N/NC(=O)c2ccc(Cl)cc2)cc(Br)c1OCC(=O)Nc1ccc(Cl)c(Cl)c1. The lowest BCUT2D eigenvalue weighted by molar-refractivity contribution is -0.118. The molecule has 3 rings (SSSR count). The first kappa shape index (κ1) is 26.8. The van der Waals surface area contributed by atoms with Gasteiger partial charge in [-0.1, -0.05) is 34.8 Å². The zero-order chi connectivity index (χ0) is 25.4. The molecule has 0 heterocycles. The second-order valence-electron chi connectivity index (χ2n) is 6.93. The highest BCUT2D eigenvalue weighted by Crippen LogP contribution is 2.36. The Morgan fingerprint density at radius 3 is 2.43 bits per heavy atom. The van der Waals surface area contributed by atoms with Crippen molar-refractivity contribution in [3.05, 3.63) is 85.3 Å². The molecule has 0 bridgehead atoms. The molecular formula is C24H19BrCl3N3O4. The molecule has 0 aliphatic carbocycles. The van der Waals surface area contributed by atoms with Crippen LogP contribution in [-0.2, 0) is 4.79 Å². The molecule has 0 aliphatic rings. The third-order valence-electron chi connectivity index (χ3n) is 4.37. The molecule has 0 aromatic heterocycles. The quantitative estimate of drug-likeness (QED) is 0.215. The molecule has 0 saturated heterocycles. The zero-order valence-corrected chi connectivity index (χ0v) is 22.1. The van der Waals surface area contributed by atoms with E-state index in [1.165, 1.54) is 6.21 Å². The Labute approximate surface area is 225 Å². The summed E-state index contributed by atoms with van der Waals surface area (Å²) in [4.78, 5) is 24.5. The summed E-state index contributed by atoms with van der Waals surface area (Å²) in [6.07, 6.45) is 1.46. The molecule has 3 aromatic rings. The molecule has 2 N–H and O–H groups in total. The Bertz CT molecular complexity index is 1250. The van der Waals surface area contributed by atoms with E-state index in [-0.39, 0.29) is 12.5 Å². The predicted molar refractivity (Wildman–Crippen MR) is 142 cm³/mol. The second-order valence-corrected chi connectivity index (χ2v) is 9.04. The average molecular weight is 600 g/mol. The van der Waals surface area contributed by atoms with Gasteiger partial charge >= 0.3 is 0 Å². The Morgan fingerprint density at radius 1 is 1.00 bits per heavy atom. The van der Waals surface area contributed by atoms with E-state index in [4.69, 9.17) is 44.3 Å². The van der Waals surface area contributed by atoms with Crippen molar-refractivity contribution < 1.29 is 19.1 Å². The van der Waals surface area contributed by atoms with E-state index in [0.29, 0.717) is 54.5 Å². The van der Waals surface area contributed by atoms with Gasteiger partial charge < -0.3 is 14.8 Å². The molecule has 0 saturated carbocycles. The normalized spacial score (nSPS) is 10.8. The number of hydrogen-bond acceptors (Lipinski definition) is 5. The molecule has 0 fully saturated rings. The van der Waals surface area contributed by atoms with Crippen LogP contribution in [0.3, 0.4) is 0 Å². The number of halogens is 4. The number of rotatable bonds is 9.